The second kappa shape index (κ2) is 12.1. The van der Waals surface area contributed by atoms with Crippen molar-refractivity contribution < 1.29 is 25.2 Å². The van der Waals surface area contributed by atoms with Gasteiger partial charge < -0.3 is 25.2 Å². The number of nitrogens with zero attached hydrogens (tertiary/aromatic N) is 1. The fourth-order valence-corrected chi connectivity index (χ4v) is 2.96. The molecule has 0 spiro atoms. The topological polar surface area (TPSA) is 117 Å². The summed E-state index contributed by atoms with van der Waals surface area (Å²) in [5.41, 5.74) is 0. The first-order chi connectivity index (χ1) is 11.8. The van der Waals surface area contributed by atoms with E-state index in [-0.39, 0.29) is 6.54 Å². The quantitative estimate of drug-likeness (QED) is 0.245. The summed E-state index contributed by atoms with van der Waals surface area (Å²) in [6, 6.07) is -0.513. The van der Waals surface area contributed by atoms with E-state index in [1.165, 1.54) is 0 Å². The molecule has 1 saturated heterocycles. The number of aliphatic hydroxyl groups is 4. The lowest BCUT2D eigenvalue weighted by atomic mass is 9.99. The van der Waals surface area contributed by atoms with Crippen LogP contribution in [0, 0.1) is 5.92 Å². The van der Waals surface area contributed by atoms with Crippen LogP contribution in [-0.4, -0.2) is 89.0 Å². The normalized spacial score (nSPS) is 22.6. The van der Waals surface area contributed by atoms with E-state index in [9.17, 15) is 20.4 Å². The summed E-state index contributed by atoms with van der Waals surface area (Å²) in [7, 11) is 0. The Morgan fingerprint density at radius 1 is 1.04 bits per heavy atom. The Hall–Kier alpha value is -0.320. The molecule has 0 amide bonds. The van der Waals surface area contributed by atoms with Crippen LogP contribution in [0.5, 0.6) is 0 Å². The highest BCUT2D eigenvalue weighted by atomic mass is 16.5. The monoisotopic (exact) mass is 363 g/mol. The van der Waals surface area contributed by atoms with E-state index in [4.69, 9.17) is 4.74 Å². The molecule has 1 aliphatic heterocycles. The molecular formula is C17H37N3O5. The maximum absolute atomic E-state index is 10.4. The summed E-state index contributed by atoms with van der Waals surface area (Å²) in [5.74, 6) is 0.347. The van der Waals surface area contributed by atoms with Crippen molar-refractivity contribution in [3.63, 3.8) is 0 Å². The number of nitrogens with one attached hydrogen (secondary N) is 2. The molecule has 1 fully saturated rings. The van der Waals surface area contributed by atoms with Crippen LogP contribution >= 0.6 is 0 Å². The van der Waals surface area contributed by atoms with Crippen molar-refractivity contribution in [2.75, 3.05) is 32.8 Å². The van der Waals surface area contributed by atoms with Gasteiger partial charge in [-0.15, -0.1) is 0 Å². The average Bonchev–Trinajstić information content (AvgIpc) is 2.58. The molecule has 0 radical (unpaired) electrons. The van der Waals surface area contributed by atoms with E-state index in [0.29, 0.717) is 51.5 Å². The number of hydrogen-bond acceptors (Lipinski definition) is 8. The maximum atomic E-state index is 10.4. The molecular weight excluding hydrogens is 326 g/mol. The van der Waals surface area contributed by atoms with E-state index in [1.807, 2.05) is 25.7 Å². The van der Waals surface area contributed by atoms with Gasteiger partial charge in [-0.3, -0.25) is 15.5 Å². The van der Waals surface area contributed by atoms with Gasteiger partial charge in [0.05, 0.1) is 25.4 Å². The molecule has 6 N–H and O–H groups in total. The Morgan fingerprint density at radius 3 is 2.24 bits per heavy atom. The summed E-state index contributed by atoms with van der Waals surface area (Å²) >= 11 is 0. The van der Waals surface area contributed by atoms with Crippen LogP contribution in [0.4, 0.5) is 0 Å². The van der Waals surface area contributed by atoms with Crippen molar-refractivity contribution in [3.8, 4) is 0 Å². The lowest BCUT2D eigenvalue weighted by Crippen LogP contribution is -2.56. The highest BCUT2D eigenvalue weighted by Gasteiger charge is 2.26. The Bertz CT molecular complexity index is 342. The fourth-order valence-electron chi connectivity index (χ4n) is 2.96. The van der Waals surface area contributed by atoms with Crippen molar-refractivity contribution in [3.05, 3.63) is 0 Å². The summed E-state index contributed by atoms with van der Waals surface area (Å²) in [5, 5.41) is 46.5. The van der Waals surface area contributed by atoms with E-state index >= 15 is 0 Å². The van der Waals surface area contributed by atoms with Crippen LogP contribution in [0.2, 0.25) is 0 Å². The van der Waals surface area contributed by atoms with E-state index in [2.05, 4.69) is 10.6 Å². The van der Waals surface area contributed by atoms with Crippen molar-refractivity contribution in [2.24, 2.45) is 5.92 Å². The number of ether oxygens (including phenoxy) is 1. The lowest BCUT2D eigenvalue weighted by molar-refractivity contribution is -0.0650. The van der Waals surface area contributed by atoms with Gasteiger partial charge in [-0.1, -0.05) is 20.8 Å². The molecule has 150 valence electrons. The van der Waals surface area contributed by atoms with Gasteiger partial charge in [0.15, 0.2) is 0 Å². The zero-order chi connectivity index (χ0) is 18.8. The Morgan fingerprint density at radius 2 is 1.68 bits per heavy atom. The third kappa shape index (κ3) is 9.25. The standard InChI is InChI=1S/C17H37N3O5/c1-4-15(22)19-14(10-13(21)9-12(2)3)17(24)18-11-16(23)20-5-7-25-8-6-20/h12-19,21-24H,4-11H2,1-3H3. The van der Waals surface area contributed by atoms with Gasteiger partial charge in [-0.25, -0.2) is 0 Å². The zero-order valence-electron chi connectivity index (χ0n) is 15.8. The van der Waals surface area contributed by atoms with Crippen molar-refractivity contribution in [1.82, 2.24) is 15.5 Å². The molecule has 0 aliphatic carbocycles. The van der Waals surface area contributed by atoms with Gasteiger partial charge in [-0.2, -0.15) is 0 Å². The number of aliphatic hydroxyl groups excluding tert-OH is 4. The second-order valence-corrected chi connectivity index (χ2v) is 7.20. The summed E-state index contributed by atoms with van der Waals surface area (Å²) in [6.45, 7) is 8.58. The van der Waals surface area contributed by atoms with E-state index in [1.54, 1.807) is 0 Å². The molecule has 1 heterocycles. The Kier molecular flexibility index (Phi) is 11.0. The molecule has 0 bridgehead atoms. The van der Waals surface area contributed by atoms with Crippen LogP contribution in [0.3, 0.4) is 0 Å². The second-order valence-electron chi connectivity index (χ2n) is 7.20. The zero-order valence-corrected chi connectivity index (χ0v) is 15.8. The third-order valence-corrected chi connectivity index (χ3v) is 4.42. The van der Waals surface area contributed by atoms with Crippen molar-refractivity contribution >= 4 is 0 Å². The smallest absolute Gasteiger partial charge is 0.120 e. The molecule has 8 nitrogen and oxygen atoms in total. The molecule has 0 aromatic carbocycles. The molecule has 0 aromatic rings. The van der Waals surface area contributed by atoms with E-state index in [0.717, 1.165) is 0 Å². The third-order valence-electron chi connectivity index (χ3n) is 4.42. The number of hydrogen-bond donors (Lipinski definition) is 6. The van der Waals surface area contributed by atoms with Crippen LogP contribution in [0.25, 0.3) is 0 Å². The SMILES string of the molecule is CCC(O)NC(CC(O)CC(C)C)C(O)NCC(O)N1CCOCC1. The average molecular weight is 363 g/mol. The highest BCUT2D eigenvalue weighted by Crippen LogP contribution is 2.12. The first kappa shape index (κ1) is 22.7. The number of rotatable bonds is 12. The highest BCUT2D eigenvalue weighted by molar-refractivity contribution is 4.80. The fraction of sp³-hybridized carbons (Fsp3) is 1.00. The van der Waals surface area contributed by atoms with Gasteiger partial charge in [0.2, 0.25) is 0 Å². The van der Waals surface area contributed by atoms with Gasteiger partial charge >= 0.3 is 0 Å². The molecule has 8 heteroatoms. The molecule has 0 saturated carbocycles. The molecule has 5 unspecified atom stereocenters. The van der Waals surface area contributed by atoms with Crippen LogP contribution < -0.4 is 10.6 Å². The Balaban J connectivity index is 2.50. The summed E-state index contributed by atoms with van der Waals surface area (Å²) in [4.78, 5) is 1.89. The van der Waals surface area contributed by atoms with Gasteiger partial charge in [0.25, 0.3) is 0 Å². The Labute approximate surface area is 151 Å². The molecule has 1 rings (SSSR count). The van der Waals surface area contributed by atoms with Crippen molar-refractivity contribution in [1.29, 1.82) is 0 Å². The van der Waals surface area contributed by atoms with Crippen LogP contribution in [0.15, 0.2) is 0 Å². The van der Waals surface area contributed by atoms with Crippen LogP contribution in [-0.2, 0) is 4.74 Å². The van der Waals surface area contributed by atoms with Gasteiger partial charge in [0, 0.05) is 19.6 Å². The van der Waals surface area contributed by atoms with Gasteiger partial charge in [0.1, 0.15) is 18.7 Å². The minimum Gasteiger partial charge on any atom is -0.393 e. The molecule has 25 heavy (non-hydrogen) atoms. The lowest BCUT2D eigenvalue weighted by Gasteiger charge is -2.33. The maximum Gasteiger partial charge on any atom is 0.120 e. The van der Waals surface area contributed by atoms with Gasteiger partial charge in [-0.05, 0) is 25.2 Å². The molecule has 5 atom stereocenters. The van der Waals surface area contributed by atoms with E-state index < -0.39 is 30.8 Å². The van der Waals surface area contributed by atoms with Crippen molar-refractivity contribution in [2.45, 2.75) is 70.9 Å². The first-order valence-corrected chi connectivity index (χ1v) is 9.37. The van der Waals surface area contributed by atoms with Crippen LogP contribution in [0.1, 0.15) is 40.0 Å². The first-order valence-electron chi connectivity index (χ1n) is 9.37. The summed E-state index contributed by atoms with van der Waals surface area (Å²) in [6.07, 6.45) is -1.57. The summed E-state index contributed by atoms with van der Waals surface area (Å²) < 4.78 is 5.26. The molecule has 0 aromatic heterocycles. The largest absolute Gasteiger partial charge is 0.393 e. The minimum atomic E-state index is -0.987. The predicted molar refractivity (Wildman–Crippen MR) is 95.7 cm³/mol. The predicted octanol–water partition coefficient (Wildman–Crippen LogP) is -0.971. The number of morpholine rings is 1. The minimum absolute atomic E-state index is 0.196. The molecule has 1 aliphatic rings.